The fraction of sp³-hybridized carbons (Fsp3) is 0.600. The third-order valence-corrected chi connectivity index (χ3v) is 3.44. The van der Waals surface area contributed by atoms with Gasteiger partial charge in [0.25, 0.3) is 0 Å². The SMILES string of the molecule is Cc1cc(N)ccc1NCCC(C(C)C)N(C)C. The first-order valence-electron chi connectivity index (χ1n) is 6.68. The molecule has 102 valence electrons. The van der Waals surface area contributed by atoms with Crippen molar-refractivity contribution in [2.75, 3.05) is 31.7 Å². The highest BCUT2D eigenvalue weighted by molar-refractivity contribution is 5.57. The Balaban J connectivity index is 2.50. The van der Waals surface area contributed by atoms with Crippen LogP contribution in [0.3, 0.4) is 0 Å². The number of hydrogen-bond donors (Lipinski definition) is 2. The largest absolute Gasteiger partial charge is 0.399 e. The monoisotopic (exact) mass is 249 g/mol. The molecule has 18 heavy (non-hydrogen) atoms. The van der Waals surface area contributed by atoms with Crippen molar-refractivity contribution in [1.82, 2.24) is 4.90 Å². The quantitative estimate of drug-likeness (QED) is 0.762. The molecule has 0 spiro atoms. The summed E-state index contributed by atoms with van der Waals surface area (Å²) < 4.78 is 0. The van der Waals surface area contributed by atoms with Crippen LogP contribution in [-0.4, -0.2) is 31.6 Å². The lowest BCUT2D eigenvalue weighted by Gasteiger charge is -2.28. The average Bonchev–Trinajstić information content (AvgIpc) is 2.25. The zero-order valence-electron chi connectivity index (χ0n) is 12.3. The van der Waals surface area contributed by atoms with Gasteiger partial charge in [-0.05, 0) is 57.1 Å². The number of rotatable bonds is 6. The van der Waals surface area contributed by atoms with Crippen molar-refractivity contribution in [3.63, 3.8) is 0 Å². The molecule has 0 fully saturated rings. The molecule has 0 aliphatic heterocycles. The first-order chi connectivity index (χ1) is 8.41. The molecular weight excluding hydrogens is 222 g/mol. The summed E-state index contributed by atoms with van der Waals surface area (Å²) in [5.74, 6) is 0.675. The molecule has 3 heteroatoms. The lowest BCUT2D eigenvalue weighted by Crippen LogP contribution is -2.34. The van der Waals surface area contributed by atoms with E-state index in [1.54, 1.807) is 0 Å². The van der Waals surface area contributed by atoms with Crippen LogP contribution >= 0.6 is 0 Å². The Kier molecular flexibility index (Phi) is 5.48. The Morgan fingerprint density at radius 2 is 1.94 bits per heavy atom. The number of hydrogen-bond acceptors (Lipinski definition) is 3. The number of nitrogens with zero attached hydrogens (tertiary/aromatic N) is 1. The Morgan fingerprint density at radius 1 is 1.28 bits per heavy atom. The van der Waals surface area contributed by atoms with E-state index in [9.17, 15) is 0 Å². The molecule has 0 heterocycles. The maximum absolute atomic E-state index is 5.75. The van der Waals surface area contributed by atoms with Crippen LogP contribution in [-0.2, 0) is 0 Å². The molecule has 1 atom stereocenters. The maximum atomic E-state index is 5.75. The van der Waals surface area contributed by atoms with Crippen LogP contribution in [0.15, 0.2) is 18.2 Å². The molecule has 0 aliphatic rings. The third kappa shape index (κ3) is 4.22. The molecule has 3 nitrogen and oxygen atoms in total. The molecule has 0 aromatic heterocycles. The normalized spacial score (nSPS) is 13.1. The van der Waals surface area contributed by atoms with Gasteiger partial charge in [0.1, 0.15) is 0 Å². The number of anilines is 2. The van der Waals surface area contributed by atoms with Crippen molar-refractivity contribution in [2.24, 2.45) is 5.92 Å². The van der Waals surface area contributed by atoms with Crippen molar-refractivity contribution in [1.29, 1.82) is 0 Å². The van der Waals surface area contributed by atoms with Crippen LogP contribution < -0.4 is 11.1 Å². The first-order valence-corrected chi connectivity index (χ1v) is 6.68. The van der Waals surface area contributed by atoms with Gasteiger partial charge < -0.3 is 16.0 Å². The van der Waals surface area contributed by atoms with Gasteiger partial charge in [-0.1, -0.05) is 13.8 Å². The minimum Gasteiger partial charge on any atom is -0.399 e. The van der Waals surface area contributed by atoms with Gasteiger partial charge >= 0.3 is 0 Å². The van der Waals surface area contributed by atoms with Crippen LogP contribution in [0.1, 0.15) is 25.8 Å². The Bertz CT molecular complexity index is 364. The molecule has 3 N–H and O–H groups in total. The summed E-state index contributed by atoms with van der Waals surface area (Å²) in [5.41, 5.74) is 8.97. The van der Waals surface area contributed by atoms with Gasteiger partial charge in [0.15, 0.2) is 0 Å². The van der Waals surface area contributed by atoms with Gasteiger partial charge in [-0.3, -0.25) is 0 Å². The van der Waals surface area contributed by atoms with Crippen molar-refractivity contribution in [3.05, 3.63) is 23.8 Å². The van der Waals surface area contributed by atoms with Crippen molar-refractivity contribution in [3.8, 4) is 0 Å². The van der Waals surface area contributed by atoms with Gasteiger partial charge in [0, 0.05) is 24.0 Å². The minimum absolute atomic E-state index is 0.617. The summed E-state index contributed by atoms with van der Waals surface area (Å²) in [4.78, 5) is 2.31. The van der Waals surface area contributed by atoms with Gasteiger partial charge in [0.05, 0.1) is 0 Å². The van der Waals surface area contributed by atoms with Gasteiger partial charge in [-0.15, -0.1) is 0 Å². The Morgan fingerprint density at radius 3 is 2.44 bits per heavy atom. The molecule has 1 aromatic carbocycles. The van der Waals surface area contributed by atoms with Crippen LogP contribution in [0.25, 0.3) is 0 Å². The second-order valence-corrected chi connectivity index (χ2v) is 5.56. The average molecular weight is 249 g/mol. The van der Waals surface area contributed by atoms with Crippen LogP contribution in [0.5, 0.6) is 0 Å². The van der Waals surface area contributed by atoms with E-state index in [2.05, 4.69) is 51.1 Å². The minimum atomic E-state index is 0.617. The second-order valence-electron chi connectivity index (χ2n) is 5.56. The standard InChI is InChI=1S/C15H27N3/c1-11(2)15(18(4)5)8-9-17-14-7-6-13(16)10-12(14)3/h6-7,10-11,15,17H,8-9,16H2,1-5H3. The summed E-state index contributed by atoms with van der Waals surface area (Å²) in [6.45, 7) is 7.63. The maximum Gasteiger partial charge on any atom is 0.0371 e. The van der Waals surface area contributed by atoms with Gasteiger partial charge in [-0.2, -0.15) is 0 Å². The molecule has 0 radical (unpaired) electrons. The highest BCUT2D eigenvalue weighted by Gasteiger charge is 2.14. The van der Waals surface area contributed by atoms with E-state index in [-0.39, 0.29) is 0 Å². The molecule has 0 amide bonds. The molecule has 0 saturated carbocycles. The topological polar surface area (TPSA) is 41.3 Å². The Labute approximate surface area is 111 Å². The van der Waals surface area contributed by atoms with E-state index in [4.69, 9.17) is 5.73 Å². The van der Waals surface area contributed by atoms with E-state index in [1.807, 2.05) is 12.1 Å². The van der Waals surface area contributed by atoms with Crippen molar-refractivity contribution >= 4 is 11.4 Å². The van der Waals surface area contributed by atoms with Crippen molar-refractivity contribution < 1.29 is 0 Å². The predicted molar refractivity (Wildman–Crippen MR) is 81.0 cm³/mol. The molecule has 0 saturated heterocycles. The van der Waals surface area contributed by atoms with E-state index < -0.39 is 0 Å². The first kappa shape index (κ1) is 14.8. The lowest BCUT2D eigenvalue weighted by molar-refractivity contribution is 0.223. The van der Waals surface area contributed by atoms with E-state index in [1.165, 1.54) is 11.3 Å². The molecule has 1 aromatic rings. The van der Waals surface area contributed by atoms with E-state index in [0.29, 0.717) is 12.0 Å². The fourth-order valence-electron chi connectivity index (χ4n) is 2.43. The van der Waals surface area contributed by atoms with Crippen LogP contribution in [0, 0.1) is 12.8 Å². The predicted octanol–water partition coefficient (Wildman–Crippen LogP) is 2.97. The lowest BCUT2D eigenvalue weighted by atomic mass is 10.00. The summed E-state index contributed by atoms with van der Waals surface area (Å²) >= 11 is 0. The fourth-order valence-corrected chi connectivity index (χ4v) is 2.43. The third-order valence-electron chi connectivity index (χ3n) is 3.44. The molecule has 1 unspecified atom stereocenters. The highest BCUT2D eigenvalue weighted by Crippen LogP contribution is 2.18. The molecule has 0 bridgehead atoms. The second kappa shape index (κ2) is 6.64. The van der Waals surface area contributed by atoms with Crippen LogP contribution in [0.2, 0.25) is 0 Å². The number of benzene rings is 1. The van der Waals surface area contributed by atoms with E-state index in [0.717, 1.165) is 18.7 Å². The number of nitrogen functional groups attached to an aromatic ring is 1. The molecular formula is C15H27N3. The highest BCUT2D eigenvalue weighted by atomic mass is 15.1. The Hall–Kier alpha value is -1.22. The number of nitrogens with two attached hydrogens (primary N) is 1. The smallest absolute Gasteiger partial charge is 0.0371 e. The number of nitrogens with one attached hydrogen (secondary N) is 1. The van der Waals surface area contributed by atoms with Gasteiger partial charge in [0.2, 0.25) is 0 Å². The summed E-state index contributed by atoms with van der Waals surface area (Å²) in [5, 5.41) is 3.50. The zero-order chi connectivity index (χ0) is 13.7. The van der Waals surface area contributed by atoms with E-state index >= 15 is 0 Å². The summed E-state index contributed by atoms with van der Waals surface area (Å²) in [7, 11) is 4.30. The van der Waals surface area contributed by atoms with Gasteiger partial charge in [-0.25, -0.2) is 0 Å². The zero-order valence-corrected chi connectivity index (χ0v) is 12.3. The molecule has 1 rings (SSSR count). The summed E-state index contributed by atoms with van der Waals surface area (Å²) in [6, 6.07) is 6.63. The summed E-state index contributed by atoms with van der Waals surface area (Å²) in [6.07, 6.45) is 1.15. The van der Waals surface area contributed by atoms with Crippen LogP contribution in [0.4, 0.5) is 11.4 Å². The molecule has 0 aliphatic carbocycles. The number of aryl methyl sites for hydroxylation is 1. The van der Waals surface area contributed by atoms with Crippen molar-refractivity contribution in [2.45, 2.75) is 33.2 Å².